The van der Waals surface area contributed by atoms with Crippen molar-refractivity contribution in [3.63, 3.8) is 0 Å². The van der Waals surface area contributed by atoms with Crippen molar-refractivity contribution in [1.82, 2.24) is 0 Å². The highest BCUT2D eigenvalue weighted by Crippen LogP contribution is 2.35. The monoisotopic (exact) mass is 348 g/mol. The van der Waals surface area contributed by atoms with Gasteiger partial charge in [0.25, 0.3) is 0 Å². The Hall–Kier alpha value is -1.90. The third-order valence-electron chi connectivity index (χ3n) is 4.63. The van der Waals surface area contributed by atoms with Crippen LogP contribution in [0.1, 0.15) is 24.5 Å². The number of benzene rings is 3. The fourth-order valence-corrected chi connectivity index (χ4v) is 5.05. The van der Waals surface area contributed by atoms with Crippen LogP contribution in [0, 0.1) is 0 Å². The Bertz CT molecular complexity index is 835. The number of aryl methyl sites for hydroxylation is 1. The maximum atomic E-state index is 6.72. The second-order valence-corrected chi connectivity index (χ2v) is 12.4. The average Bonchev–Trinajstić information content (AvgIpc) is 2.59. The van der Waals surface area contributed by atoms with E-state index >= 15 is 0 Å². The molecule has 0 amide bonds. The first kappa shape index (κ1) is 17.9. The molecule has 0 aliphatic rings. The van der Waals surface area contributed by atoms with E-state index in [1.165, 1.54) is 21.9 Å². The van der Waals surface area contributed by atoms with Crippen molar-refractivity contribution in [2.45, 2.75) is 45.0 Å². The lowest BCUT2D eigenvalue weighted by molar-refractivity contribution is 0.0690. The van der Waals surface area contributed by atoms with Crippen LogP contribution in [0.2, 0.25) is 19.6 Å². The van der Waals surface area contributed by atoms with Crippen LogP contribution in [0.3, 0.4) is 0 Å². The first-order chi connectivity index (χ1) is 11.9. The zero-order chi connectivity index (χ0) is 17.9. The summed E-state index contributed by atoms with van der Waals surface area (Å²) in [5, 5.41) is 2.56. The van der Waals surface area contributed by atoms with Gasteiger partial charge in [-0.05, 0) is 67.4 Å². The van der Waals surface area contributed by atoms with E-state index in [0.717, 1.165) is 12.8 Å². The predicted octanol–water partition coefficient (Wildman–Crippen LogP) is 6.54. The topological polar surface area (TPSA) is 9.23 Å². The average molecular weight is 349 g/mol. The number of hydrogen-bond acceptors (Lipinski definition) is 1. The molecule has 0 spiro atoms. The van der Waals surface area contributed by atoms with Crippen molar-refractivity contribution in [3.05, 3.63) is 83.9 Å². The van der Waals surface area contributed by atoms with Gasteiger partial charge in [-0.3, -0.25) is 0 Å². The smallest absolute Gasteiger partial charge is 0.184 e. The van der Waals surface area contributed by atoms with Crippen molar-refractivity contribution < 1.29 is 4.43 Å². The fourth-order valence-electron chi connectivity index (χ4n) is 3.48. The summed E-state index contributed by atoms with van der Waals surface area (Å²) < 4.78 is 6.72. The van der Waals surface area contributed by atoms with Gasteiger partial charge in [0, 0.05) is 0 Å². The molecule has 0 aliphatic heterocycles. The fraction of sp³-hybridized carbons (Fsp3) is 0.304. The largest absolute Gasteiger partial charge is 0.408 e. The lowest BCUT2D eigenvalue weighted by Crippen LogP contribution is -2.39. The van der Waals surface area contributed by atoms with Gasteiger partial charge in [-0.1, -0.05) is 66.7 Å². The SMILES string of the molecule is CC(CCc1ccccc1)(O[Si](C)(C)C)c1ccc2ccccc2c1. The number of fused-ring (bicyclic) bond motifs is 1. The summed E-state index contributed by atoms with van der Waals surface area (Å²) >= 11 is 0. The van der Waals surface area contributed by atoms with Gasteiger partial charge in [-0.15, -0.1) is 0 Å². The van der Waals surface area contributed by atoms with Crippen LogP contribution in [-0.4, -0.2) is 8.32 Å². The third-order valence-corrected chi connectivity index (χ3v) is 5.69. The lowest BCUT2D eigenvalue weighted by Gasteiger charge is -2.37. The van der Waals surface area contributed by atoms with Gasteiger partial charge >= 0.3 is 0 Å². The molecule has 3 aromatic carbocycles. The molecule has 0 aromatic heterocycles. The minimum absolute atomic E-state index is 0.260. The van der Waals surface area contributed by atoms with Gasteiger partial charge < -0.3 is 4.43 Å². The van der Waals surface area contributed by atoms with Crippen molar-refractivity contribution in [2.75, 3.05) is 0 Å². The molecule has 25 heavy (non-hydrogen) atoms. The number of rotatable bonds is 6. The van der Waals surface area contributed by atoms with Crippen LogP contribution < -0.4 is 0 Å². The van der Waals surface area contributed by atoms with Crippen LogP contribution >= 0.6 is 0 Å². The molecule has 0 saturated carbocycles. The summed E-state index contributed by atoms with van der Waals surface area (Å²) in [6.45, 7) is 9.08. The minimum Gasteiger partial charge on any atom is -0.408 e. The molecule has 3 aromatic rings. The van der Waals surface area contributed by atoms with Gasteiger partial charge in [0.15, 0.2) is 8.32 Å². The molecule has 0 N–H and O–H groups in total. The molecular weight excluding hydrogens is 320 g/mol. The molecule has 130 valence electrons. The van der Waals surface area contributed by atoms with Crippen LogP contribution in [0.5, 0.6) is 0 Å². The van der Waals surface area contributed by atoms with Crippen LogP contribution in [0.25, 0.3) is 10.8 Å². The van der Waals surface area contributed by atoms with Gasteiger partial charge in [0.2, 0.25) is 0 Å². The summed E-state index contributed by atoms with van der Waals surface area (Å²) in [6, 6.07) is 26.0. The van der Waals surface area contributed by atoms with Gasteiger partial charge in [-0.25, -0.2) is 0 Å². The highest BCUT2D eigenvalue weighted by atomic mass is 28.4. The zero-order valence-electron chi connectivity index (χ0n) is 15.8. The Morgan fingerprint density at radius 3 is 2.12 bits per heavy atom. The number of hydrogen-bond donors (Lipinski definition) is 0. The van der Waals surface area contributed by atoms with E-state index in [9.17, 15) is 0 Å². The molecule has 2 heteroatoms. The summed E-state index contributed by atoms with van der Waals surface area (Å²) in [5.41, 5.74) is 2.39. The van der Waals surface area contributed by atoms with E-state index in [0.29, 0.717) is 0 Å². The maximum Gasteiger partial charge on any atom is 0.184 e. The van der Waals surface area contributed by atoms with Crippen LogP contribution in [0.4, 0.5) is 0 Å². The maximum absolute atomic E-state index is 6.72. The zero-order valence-corrected chi connectivity index (χ0v) is 16.8. The Morgan fingerprint density at radius 2 is 1.44 bits per heavy atom. The molecule has 0 radical (unpaired) electrons. The highest BCUT2D eigenvalue weighted by molar-refractivity contribution is 6.69. The molecular formula is C23H28OSi. The van der Waals surface area contributed by atoms with Gasteiger partial charge in [0.05, 0.1) is 5.60 Å². The molecule has 0 aliphatic carbocycles. The summed E-state index contributed by atoms with van der Waals surface area (Å²) in [4.78, 5) is 0. The van der Waals surface area contributed by atoms with Crippen molar-refractivity contribution in [3.8, 4) is 0 Å². The molecule has 1 nitrogen and oxygen atoms in total. The predicted molar refractivity (Wildman–Crippen MR) is 110 cm³/mol. The Balaban J connectivity index is 1.94. The Kier molecular flexibility index (Phi) is 5.12. The summed E-state index contributed by atoms with van der Waals surface area (Å²) in [6.07, 6.45) is 2.01. The quantitative estimate of drug-likeness (QED) is 0.460. The molecule has 3 rings (SSSR count). The second-order valence-electron chi connectivity index (χ2n) is 7.99. The standard InChI is InChI=1S/C23H28OSi/c1-23(24-25(2,3)4,17-16-19-10-6-5-7-11-19)22-15-14-20-12-8-9-13-21(20)18-22/h5-15,18H,16-17H2,1-4H3. The highest BCUT2D eigenvalue weighted by Gasteiger charge is 2.33. The molecule has 1 unspecified atom stereocenters. The summed E-state index contributed by atoms with van der Waals surface area (Å²) in [7, 11) is -1.68. The first-order valence-corrected chi connectivity index (χ1v) is 12.5. The first-order valence-electron chi connectivity index (χ1n) is 9.09. The van der Waals surface area contributed by atoms with E-state index in [-0.39, 0.29) is 5.60 Å². The van der Waals surface area contributed by atoms with E-state index in [4.69, 9.17) is 4.43 Å². The van der Waals surface area contributed by atoms with E-state index in [2.05, 4.69) is 99.4 Å². The molecule has 0 saturated heterocycles. The van der Waals surface area contributed by atoms with Crippen LogP contribution in [0.15, 0.2) is 72.8 Å². The van der Waals surface area contributed by atoms with E-state index in [1.807, 2.05) is 0 Å². The lowest BCUT2D eigenvalue weighted by atomic mass is 9.88. The van der Waals surface area contributed by atoms with Gasteiger partial charge in [0.1, 0.15) is 0 Å². The molecule has 0 fully saturated rings. The minimum atomic E-state index is -1.68. The van der Waals surface area contributed by atoms with Gasteiger partial charge in [-0.2, -0.15) is 0 Å². The summed E-state index contributed by atoms with van der Waals surface area (Å²) in [5.74, 6) is 0. The third kappa shape index (κ3) is 4.59. The van der Waals surface area contributed by atoms with E-state index < -0.39 is 8.32 Å². The van der Waals surface area contributed by atoms with E-state index in [1.54, 1.807) is 0 Å². The molecule has 0 bridgehead atoms. The Labute approximate surface area is 152 Å². The normalized spacial score (nSPS) is 14.4. The van der Waals surface area contributed by atoms with Crippen molar-refractivity contribution in [2.24, 2.45) is 0 Å². The van der Waals surface area contributed by atoms with Crippen LogP contribution in [-0.2, 0) is 16.4 Å². The second kappa shape index (κ2) is 7.15. The molecule has 1 atom stereocenters. The van der Waals surface area contributed by atoms with Crippen molar-refractivity contribution in [1.29, 1.82) is 0 Å². The Morgan fingerprint density at radius 1 is 0.800 bits per heavy atom. The molecule has 0 heterocycles. The van der Waals surface area contributed by atoms with Crippen molar-refractivity contribution >= 4 is 19.1 Å².